The van der Waals surface area contributed by atoms with Crippen molar-refractivity contribution in [3.8, 4) is 0 Å². The van der Waals surface area contributed by atoms with Crippen LogP contribution in [0.4, 0.5) is 0 Å². The van der Waals surface area contributed by atoms with Crippen molar-refractivity contribution in [3.05, 3.63) is 12.2 Å². The molecule has 1 aliphatic heterocycles. The van der Waals surface area contributed by atoms with Crippen LogP contribution in [-0.2, 0) is 23.9 Å². The average Bonchev–Trinajstić information content (AvgIpc) is 2.67. The molecule has 7 heteroatoms. The molecule has 0 saturated carbocycles. The van der Waals surface area contributed by atoms with Crippen LogP contribution in [0.15, 0.2) is 12.2 Å². The summed E-state index contributed by atoms with van der Waals surface area (Å²) in [6.45, 7) is 1.57. The normalized spacial score (nSPS) is 14.4. The standard InChI is InChI=1S/C12H17NO6/c14-10-3-4-11(15)13(10)5-7-19-9-8-18-6-1-2-12(16)17/h3-4H,1-2,5-9H2,(H,16,17). The number of aliphatic carboxylic acids is 1. The lowest BCUT2D eigenvalue weighted by Gasteiger charge is -2.13. The van der Waals surface area contributed by atoms with Gasteiger partial charge < -0.3 is 14.6 Å². The van der Waals surface area contributed by atoms with Crippen LogP contribution >= 0.6 is 0 Å². The minimum absolute atomic E-state index is 0.0903. The molecule has 0 aromatic heterocycles. The molecule has 0 saturated heterocycles. The van der Waals surface area contributed by atoms with Crippen molar-refractivity contribution in [2.75, 3.05) is 33.0 Å². The third-order valence-electron chi connectivity index (χ3n) is 2.41. The fraction of sp³-hybridized carbons (Fsp3) is 0.583. The van der Waals surface area contributed by atoms with E-state index in [9.17, 15) is 14.4 Å². The van der Waals surface area contributed by atoms with Crippen molar-refractivity contribution in [3.63, 3.8) is 0 Å². The van der Waals surface area contributed by atoms with Gasteiger partial charge in [0.1, 0.15) is 0 Å². The van der Waals surface area contributed by atoms with Crippen LogP contribution in [0.1, 0.15) is 12.8 Å². The predicted octanol–water partition coefficient (Wildman–Crippen LogP) is -0.191. The summed E-state index contributed by atoms with van der Waals surface area (Å²) in [5.41, 5.74) is 0. The Bertz CT molecular complexity index is 347. The molecule has 1 rings (SSSR count). The zero-order valence-electron chi connectivity index (χ0n) is 10.5. The van der Waals surface area contributed by atoms with Gasteiger partial charge in [-0.25, -0.2) is 0 Å². The molecule has 0 aliphatic carbocycles. The second-order valence-electron chi connectivity index (χ2n) is 3.88. The summed E-state index contributed by atoms with van der Waals surface area (Å²) in [4.78, 5) is 33.6. The van der Waals surface area contributed by atoms with E-state index in [2.05, 4.69) is 0 Å². The first-order valence-electron chi connectivity index (χ1n) is 6.02. The van der Waals surface area contributed by atoms with Gasteiger partial charge in [-0.2, -0.15) is 0 Å². The van der Waals surface area contributed by atoms with Gasteiger partial charge in [0.25, 0.3) is 11.8 Å². The molecule has 1 N–H and O–H groups in total. The van der Waals surface area contributed by atoms with E-state index in [1.165, 1.54) is 12.2 Å². The molecule has 1 aliphatic rings. The summed E-state index contributed by atoms with van der Waals surface area (Å²) in [6.07, 6.45) is 3.02. The molecule has 0 atom stereocenters. The Labute approximate surface area is 110 Å². The highest BCUT2D eigenvalue weighted by atomic mass is 16.5. The van der Waals surface area contributed by atoms with E-state index in [0.29, 0.717) is 26.2 Å². The maximum atomic E-state index is 11.2. The van der Waals surface area contributed by atoms with Gasteiger partial charge in [-0.3, -0.25) is 19.3 Å². The molecule has 0 spiro atoms. The fourth-order valence-electron chi connectivity index (χ4n) is 1.45. The van der Waals surface area contributed by atoms with Crippen LogP contribution in [0.3, 0.4) is 0 Å². The quantitative estimate of drug-likeness (QED) is 0.437. The molecule has 0 aromatic carbocycles. The SMILES string of the molecule is O=C(O)CCCOCCOCCN1C(=O)C=CC1=O. The van der Waals surface area contributed by atoms with Crippen molar-refractivity contribution in [2.24, 2.45) is 0 Å². The number of amides is 2. The maximum Gasteiger partial charge on any atom is 0.303 e. The Morgan fingerprint density at radius 3 is 2.21 bits per heavy atom. The van der Waals surface area contributed by atoms with E-state index in [1.807, 2.05) is 0 Å². The van der Waals surface area contributed by atoms with Gasteiger partial charge in [-0.05, 0) is 6.42 Å². The van der Waals surface area contributed by atoms with Crippen molar-refractivity contribution >= 4 is 17.8 Å². The molecule has 106 valence electrons. The van der Waals surface area contributed by atoms with Gasteiger partial charge in [0, 0.05) is 25.2 Å². The number of ether oxygens (including phenoxy) is 2. The Kier molecular flexibility index (Phi) is 6.76. The van der Waals surface area contributed by atoms with Crippen LogP contribution in [-0.4, -0.2) is 60.8 Å². The number of carboxylic acids is 1. The van der Waals surface area contributed by atoms with Crippen LogP contribution in [0.25, 0.3) is 0 Å². The number of carbonyl (C=O) groups is 3. The van der Waals surface area contributed by atoms with E-state index < -0.39 is 5.97 Å². The molecule has 0 bridgehead atoms. The topological polar surface area (TPSA) is 93.1 Å². The number of nitrogens with zero attached hydrogens (tertiary/aromatic N) is 1. The highest BCUT2D eigenvalue weighted by Crippen LogP contribution is 2.02. The van der Waals surface area contributed by atoms with Crippen LogP contribution in [0.5, 0.6) is 0 Å². The van der Waals surface area contributed by atoms with Crippen molar-refractivity contribution in [1.29, 1.82) is 0 Å². The lowest BCUT2D eigenvalue weighted by atomic mass is 10.3. The zero-order chi connectivity index (χ0) is 14.1. The largest absolute Gasteiger partial charge is 0.481 e. The molecule has 0 fully saturated rings. The van der Waals surface area contributed by atoms with E-state index >= 15 is 0 Å². The molecule has 19 heavy (non-hydrogen) atoms. The van der Waals surface area contributed by atoms with Gasteiger partial charge in [-0.15, -0.1) is 0 Å². The second kappa shape index (κ2) is 8.39. The molecule has 1 heterocycles. The highest BCUT2D eigenvalue weighted by molar-refractivity contribution is 6.12. The summed E-state index contributed by atoms with van der Waals surface area (Å²) < 4.78 is 10.4. The van der Waals surface area contributed by atoms with Crippen LogP contribution in [0.2, 0.25) is 0 Å². The highest BCUT2D eigenvalue weighted by Gasteiger charge is 2.22. The van der Waals surface area contributed by atoms with Crippen molar-refractivity contribution in [1.82, 2.24) is 4.90 Å². The molecular weight excluding hydrogens is 254 g/mol. The van der Waals surface area contributed by atoms with Crippen molar-refractivity contribution in [2.45, 2.75) is 12.8 Å². The van der Waals surface area contributed by atoms with Gasteiger partial charge in [0.2, 0.25) is 0 Å². The van der Waals surface area contributed by atoms with Crippen molar-refractivity contribution < 1.29 is 29.0 Å². The molecule has 0 radical (unpaired) electrons. The second-order valence-corrected chi connectivity index (χ2v) is 3.88. The zero-order valence-corrected chi connectivity index (χ0v) is 10.5. The first-order chi connectivity index (χ1) is 9.11. The number of carbonyl (C=O) groups excluding carboxylic acids is 2. The molecular formula is C12H17NO6. The molecule has 2 amide bonds. The summed E-state index contributed by atoms with van der Waals surface area (Å²) in [6, 6.07) is 0. The maximum absolute atomic E-state index is 11.2. The number of rotatable bonds is 10. The summed E-state index contributed by atoms with van der Waals surface area (Å²) >= 11 is 0. The Balaban J connectivity index is 1.90. The van der Waals surface area contributed by atoms with Gasteiger partial charge in [-0.1, -0.05) is 0 Å². The van der Waals surface area contributed by atoms with Gasteiger partial charge in [0.05, 0.1) is 26.4 Å². The lowest BCUT2D eigenvalue weighted by molar-refractivity contribution is -0.139. The summed E-state index contributed by atoms with van der Waals surface area (Å²) in [7, 11) is 0. The predicted molar refractivity (Wildman–Crippen MR) is 64.4 cm³/mol. The third-order valence-corrected chi connectivity index (χ3v) is 2.41. The minimum atomic E-state index is -0.839. The third kappa shape index (κ3) is 6.12. The first kappa shape index (κ1) is 15.3. The number of hydrogen-bond acceptors (Lipinski definition) is 5. The monoisotopic (exact) mass is 271 g/mol. The molecule has 0 unspecified atom stereocenters. The van der Waals surface area contributed by atoms with E-state index in [1.54, 1.807) is 0 Å². The van der Waals surface area contributed by atoms with Gasteiger partial charge >= 0.3 is 5.97 Å². The fourth-order valence-corrected chi connectivity index (χ4v) is 1.45. The number of hydrogen-bond donors (Lipinski definition) is 1. The number of imide groups is 1. The minimum Gasteiger partial charge on any atom is -0.481 e. The average molecular weight is 271 g/mol. The molecule has 7 nitrogen and oxygen atoms in total. The molecule has 0 aromatic rings. The lowest BCUT2D eigenvalue weighted by Crippen LogP contribution is -2.33. The van der Waals surface area contributed by atoms with E-state index in [4.69, 9.17) is 14.6 Å². The van der Waals surface area contributed by atoms with Crippen LogP contribution in [0, 0.1) is 0 Å². The van der Waals surface area contributed by atoms with E-state index in [-0.39, 0.29) is 31.4 Å². The van der Waals surface area contributed by atoms with Crippen LogP contribution < -0.4 is 0 Å². The Morgan fingerprint density at radius 2 is 1.63 bits per heavy atom. The van der Waals surface area contributed by atoms with Gasteiger partial charge in [0.15, 0.2) is 0 Å². The Hall–Kier alpha value is -1.73. The summed E-state index contributed by atoms with van der Waals surface area (Å²) in [5, 5.41) is 8.39. The smallest absolute Gasteiger partial charge is 0.303 e. The summed E-state index contributed by atoms with van der Waals surface area (Å²) in [5.74, 6) is -1.48. The number of carboxylic acid groups (broad SMARTS) is 1. The Morgan fingerprint density at radius 1 is 1.05 bits per heavy atom. The first-order valence-corrected chi connectivity index (χ1v) is 6.02. The van der Waals surface area contributed by atoms with E-state index in [0.717, 1.165) is 4.90 Å².